The molecular formula is C23H23N5O3. The molecule has 31 heavy (non-hydrogen) atoms. The number of carbonyl (C=O) groups excluding carboxylic acids is 1. The van der Waals surface area contributed by atoms with Crippen LogP contribution >= 0.6 is 0 Å². The third kappa shape index (κ3) is 4.21. The van der Waals surface area contributed by atoms with Crippen molar-refractivity contribution in [3.8, 4) is 23.4 Å². The minimum atomic E-state index is -0.181. The Balaban J connectivity index is 1.55. The van der Waals surface area contributed by atoms with Gasteiger partial charge in [0.1, 0.15) is 5.75 Å². The van der Waals surface area contributed by atoms with Gasteiger partial charge in [0.25, 0.3) is 5.91 Å². The number of hydrogen-bond donors (Lipinski definition) is 0. The number of nitriles is 1. The van der Waals surface area contributed by atoms with Crippen molar-refractivity contribution in [2.75, 3.05) is 6.61 Å². The maximum atomic E-state index is 13.2. The first-order chi connectivity index (χ1) is 15.0. The van der Waals surface area contributed by atoms with Gasteiger partial charge < -0.3 is 14.4 Å². The van der Waals surface area contributed by atoms with Crippen molar-refractivity contribution in [3.05, 3.63) is 65.1 Å². The number of hydrogen-bond acceptors (Lipinski definition) is 6. The highest BCUT2D eigenvalue weighted by molar-refractivity contribution is 5.97. The molecule has 158 valence electrons. The van der Waals surface area contributed by atoms with Gasteiger partial charge in [-0.15, -0.1) is 0 Å². The predicted octanol–water partition coefficient (Wildman–Crippen LogP) is 3.48. The zero-order valence-electron chi connectivity index (χ0n) is 17.7. The van der Waals surface area contributed by atoms with E-state index in [4.69, 9.17) is 9.47 Å². The summed E-state index contributed by atoms with van der Waals surface area (Å²) >= 11 is 0. The number of aromatic nitrogens is 3. The minimum Gasteiger partial charge on any atom is -0.490 e. The molecule has 3 aromatic rings. The number of fused-ring (bicyclic) bond motifs is 1. The van der Waals surface area contributed by atoms with Crippen LogP contribution in [0.1, 0.15) is 48.0 Å². The second-order valence-electron chi connectivity index (χ2n) is 7.48. The van der Waals surface area contributed by atoms with E-state index >= 15 is 0 Å². The van der Waals surface area contributed by atoms with Crippen molar-refractivity contribution in [2.45, 2.75) is 40.0 Å². The maximum Gasteiger partial charge on any atom is 0.258 e. The van der Waals surface area contributed by atoms with Gasteiger partial charge in [-0.05, 0) is 45.0 Å². The molecule has 1 aliphatic heterocycles. The highest BCUT2D eigenvalue weighted by Crippen LogP contribution is 2.29. The largest absolute Gasteiger partial charge is 0.490 e. The second-order valence-corrected chi connectivity index (χ2v) is 7.48. The van der Waals surface area contributed by atoms with E-state index < -0.39 is 0 Å². The Morgan fingerprint density at radius 2 is 2.10 bits per heavy atom. The summed E-state index contributed by atoms with van der Waals surface area (Å²) in [5.74, 6) is 0.844. The number of rotatable bonds is 6. The lowest BCUT2D eigenvalue weighted by atomic mass is 10.1. The predicted molar refractivity (Wildman–Crippen MR) is 113 cm³/mol. The Morgan fingerprint density at radius 1 is 1.26 bits per heavy atom. The minimum absolute atomic E-state index is 0.0833. The third-order valence-electron chi connectivity index (χ3n) is 4.84. The molecule has 0 atom stereocenters. The van der Waals surface area contributed by atoms with Crippen molar-refractivity contribution in [1.82, 2.24) is 19.7 Å². The standard InChI is InChI=1S/C23H23N5O3/c1-4-30-22-10-18(7-8-25-22)28-13-17-12-27(14-20(17)26-28)23(29)19-9-16(11-24)5-6-21(19)31-15(2)3/h5-10,13,15H,4,12,14H2,1-3H3. The lowest BCUT2D eigenvalue weighted by Gasteiger charge is -2.19. The van der Waals surface area contributed by atoms with E-state index in [1.807, 2.05) is 39.1 Å². The van der Waals surface area contributed by atoms with Crippen molar-refractivity contribution >= 4 is 5.91 Å². The fourth-order valence-electron chi connectivity index (χ4n) is 3.49. The van der Waals surface area contributed by atoms with E-state index in [1.165, 1.54) is 0 Å². The van der Waals surface area contributed by atoms with E-state index in [0.717, 1.165) is 16.9 Å². The molecule has 0 saturated carbocycles. The average molecular weight is 417 g/mol. The molecule has 1 aliphatic rings. The number of pyridine rings is 1. The van der Waals surface area contributed by atoms with Gasteiger partial charge in [-0.25, -0.2) is 9.67 Å². The smallest absolute Gasteiger partial charge is 0.258 e. The third-order valence-corrected chi connectivity index (χ3v) is 4.84. The first-order valence-electron chi connectivity index (χ1n) is 10.1. The number of amides is 1. The monoisotopic (exact) mass is 417 g/mol. The number of nitrogens with zero attached hydrogens (tertiary/aromatic N) is 5. The van der Waals surface area contributed by atoms with Crippen LogP contribution in [0, 0.1) is 11.3 Å². The van der Waals surface area contributed by atoms with Crippen LogP contribution in [0.2, 0.25) is 0 Å². The van der Waals surface area contributed by atoms with Gasteiger partial charge in [-0.3, -0.25) is 4.79 Å². The molecule has 3 heterocycles. The first kappa shape index (κ1) is 20.4. The molecule has 1 aromatic carbocycles. The number of ether oxygens (including phenoxy) is 2. The van der Waals surface area contributed by atoms with Gasteiger partial charge in [0.2, 0.25) is 5.88 Å². The van der Waals surface area contributed by atoms with Crippen LogP contribution < -0.4 is 9.47 Å². The van der Waals surface area contributed by atoms with E-state index in [9.17, 15) is 10.1 Å². The van der Waals surface area contributed by atoms with Crippen molar-refractivity contribution in [3.63, 3.8) is 0 Å². The number of benzene rings is 1. The Morgan fingerprint density at radius 3 is 2.81 bits per heavy atom. The molecule has 0 aliphatic carbocycles. The average Bonchev–Trinajstić information content (AvgIpc) is 3.33. The van der Waals surface area contributed by atoms with Crippen LogP contribution in [0.25, 0.3) is 5.69 Å². The zero-order chi connectivity index (χ0) is 22.0. The summed E-state index contributed by atoms with van der Waals surface area (Å²) in [6.07, 6.45) is 3.52. The molecule has 0 bridgehead atoms. The van der Waals surface area contributed by atoms with Crippen molar-refractivity contribution < 1.29 is 14.3 Å². The summed E-state index contributed by atoms with van der Waals surface area (Å²) in [6.45, 7) is 7.08. The van der Waals surface area contributed by atoms with Crippen LogP contribution in [0.3, 0.4) is 0 Å². The lowest BCUT2D eigenvalue weighted by Crippen LogP contribution is -2.27. The molecule has 8 heteroatoms. The van der Waals surface area contributed by atoms with E-state index in [2.05, 4.69) is 16.2 Å². The molecule has 0 spiro atoms. The van der Waals surface area contributed by atoms with Gasteiger partial charge in [0.15, 0.2) is 0 Å². The fourth-order valence-corrected chi connectivity index (χ4v) is 3.49. The maximum absolute atomic E-state index is 13.2. The molecule has 1 amide bonds. The summed E-state index contributed by atoms with van der Waals surface area (Å²) in [5, 5.41) is 13.9. The molecule has 4 rings (SSSR count). The molecule has 0 fully saturated rings. The Bertz CT molecular complexity index is 1140. The van der Waals surface area contributed by atoms with Gasteiger partial charge in [-0.1, -0.05) is 0 Å². The summed E-state index contributed by atoms with van der Waals surface area (Å²) < 4.78 is 13.0. The Kier molecular flexibility index (Phi) is 5.58. The highest BCUT2D eigenvalue weighted by Gasteiger charge is 2.29. The van der Waals surface area contributed by atoms with Gasteiger partial charge in [0, 0.05) is 30.6 Å². The van der Waals surface area contributed by atoms with Crippen LogP contribution in [-0.4, -0.2) is 38.3 Å². The van der Waals surface area contributed by atoms with Crippen LogP contribution in [0.15, 0.2) is 42.7 Å². The van der Waals surface area contributed by atoms with Gasteiger partial charge >= 0.3 is 0 Å². The summed E-state index contributed by atoms with van der Waals surface area (Å²) in [5.41, 5.74) is 3.47. The second kappa shape index (κ2) is 8.48. The SMILES string of the molecule is CCOc1cc(-n2cc3c(n2)CN(C(=O)c2cc(C#N)ccc2OC(C)C)C3)ccn1. The van der Waals surface area contributed by atoms with E-state index in [1.54, 1.807) is 34.0 Å². The quantitative estimate of drug-likeness (QED) is 0.610. The topological polar surface area (TPSA) is 93.3 Å². The molecular weight excluding hydrogens is 394 g/mol. The molecule has 0 unspecified atom stereocenters. The van der Waals surface area contributed by atoms with Crippen LogP contribution in [0.4, 0.5) is 0 Å². The normalized spacial score (nSPS) is 12.5. The molecule has 0 saturated heterocycles. The van der Waals surface area contributed by atoms with Gasteiger partial charge in [-0.2, -0.15) is 10.4 Å². The molecule has 2 aromatic heterocycles. The highest BCUT2D eigenvalue weighted by atomic mass is 16.5. The lowest BCUT2D eigenvalue weighted by molar-refractivity contribution is 0.0743. The van der Waals surface area contributed by atoms with Crippen LogP contribution in [0.5, 0.6) is 11.6 Å². The molecule has 0 N–H and O–H groups in total. The van der Waals surface area contributed by atoms with Crippen molar-refractivity contribution in [1.29, 1.82) is 5.26 Å². The number of carbonyl (C=O) groups is 1. The molecule has 8 nitrogen and oxygen atoms in total. The van der Waals surface area contributed by atoms with E-state index in [-0.39, 0.29) is 12.0 Å². The Labute approximate surface area is 180 Å². The first-order valence-corrected chi connectivity index (χ1v) is 10.1. The summed E-state index contributed by atoms with van der Waals surface area (Å²) in [7, 11) is 0. The Hall–Kier alpha value is -3.86. The zero-order valence-corrected chi connectivity index (χ0v) is 17.7. The summed E-state index contributed by atoms with van der Waals surface area (Å²) in [6, 6.07) is 10.7. The van der Waals surface area contributed by atoms with Crippen LogP contribution in [-0.2, 0) is 13.1 Å². The fraction of sp³-hybridized carbons (Fsp3) is 0.304. The van der Waals surface area contributed by atoms with E-state index in [0.29, 0.717) is 42.5 Å². The summed E-state index contributed by atoms with van der Waals surface area (Å²) in [4.78, 5) is 19.1. The van der Waals surface area contributed by atoms with Gasteiger partial charge in [0.05, 0.1) is 47.8 Å². The van der Waals surface area contributed by atoms with Crippen molar-refractivity contribution in [2.24, 2.45) is 0 Å². The molecule has 0 radical (unpaired) electrons.